The molecule has 0 aliphatic carbocycles. The number of hydrogen-bond donors (Lipinski definition) is 1. The van der Waals surface area contributed by atoms with E-state index < -0.39 is 6.29 Å². The fraction of sp³-hybridized carbons (Fsp3) is 0.243. The van der Waals surface area contributed by atoms with Gasteiger partial charge in [0.25, 0.3) is 11.8 Å². The number of likely N-dealkylation sites (N-methyl/N-ethyl adjacent to an activating group) is 1. The van der Waals surface area contributed by atoms with Crippen molar-refractivity contribution in [1.29, 1.82) is 0 Å². The van der Waals surface area contributed by atoms with Crippen molar-refractivity contribution in [3.05, 3.63) is 143 Å². The molecule has 2 amide bonds. The minimum atomic E-state index is -0.574. The molecule has 0 radical (unpaired) electrons. The summed E-state index contributed by atoms with van der Waals surface area (Å²) in [7, 11) is 2.05. The Morgan fingerprint density at radius 1 is 0.841 bits per heavy atom. The van der Waals surface area contributed by atoms with E-state index in [9.17, 15) is 14.7 Å². The first-order valence-electron chi connectivity index (χ1n) is 14.9. The second kappa shape index (κ2) is 13.1. The highest BCUT2D eigenvalue weighted by Crippen LogP contribution is 2.39. The molecular weight excluding hydrogens is 552 g/mol. The molecule has 7 heteroatoms. The fourth-order valence-electron chi connectivity index (χ4n) is 5.95. The number of carbonyl (C=O) groups is 2. The Labute approximate surface area is 258 Å². The van der Waals surface area contributed by atoms with Crippen LogP contribution in [-0.2, 0) is 22.6 Å². The van der Waals surface area contributed by atoms with Crippen molar-refractivity contribution in [3.63, 3.8) is 0 Å². The van der Waals surface area contributed by atoms with Crippen LogP contribution in [0.2, 0.25) is 0 Å². The lowest BCUT2D eigenvalue weighted by atomic mass is 9.98. The van der Waals surface area contributed by atoms with Crippen LogP contribution in [0.3, 0.4) is 0 Å². The number of ether oxygens (including phenoxy) is 2. The first kappa shape index (κ1) is 29.7. The topological polar surface area (TPSA) is 79.3 Å². The van der Waals surface area contributed by atoms with E-state index in [1.165, 1.54) is 4.90 Å². The Morgan fingerprint density at radius 2 is 1.52 bits per heavy atom. The van der Waals surface area contributed by atoms with E-state index in [0.29, 0.717) is 17.5 Å². The molecule has 0 aromatic heterocycles. The maximum absolute atomic E-state index is 12.9. The highest BCUT2D eigenvalue weighted by atomic mass is 16.7. The second-order valence-electron chi connectivity index (χ2n) is 11.4. The van der Waals surface area contributed by atoms with Crippen LogP contribution in [0, 0.1) is 0 Å². The maximum Gasteiger partial charge on any atom is 0.261 e. The minimum absolute atomic E-state index is 0.00119. The van der Waals surface area contributed by atoms with Gasteiger partial charge in [0.2, 0.25) is 0 Å². The summed E-state index contributed by atoms with van der Waals surface area (Å²) >= 11 is 0. The third-order valence-electron chi connectivity index (χ3n) is 8.21. The number of hydrogen-bond acceptors (Lipinski definition) is 6. The van der Waals surface area contributed by atoms with Crippen molar-refractivity contribution in [3.8, 4) is 11.1 Å². The predicted molar refractivity (Wildman–Crippen MR) is 169 cm³/mol. The van der Waals surface area contributed by atoms with E-state index in [2.05, 4.69) is 24.6 Å². The van der Waals surface area contributed by atoms with Crippen molar-refractivity contribution in [2.45, 2.75) is 38.1 Å². The monoisotopic (exact) mass is 588 g/mol. The molecule has 224 valence electrons. The lowest BCUT2D eigenvalue weighted by molar-refractivity contribution is -0.252. The van der Waals surface area contributed by atoms with Crippen LogP contribution in [0.15, 0.2) is 110 Å². The summed E-state index contributed by atoms with van der Waals surface area (Å²) in [4.78, 5) is 29.4. The zero-order valence-electron chi connectivity index (χ0n) is 24.8. The van der Waals surface area contributed by atoms with Gasteiger partial charge in [-0.25, -0.2) is 0 Å². The minimum Gasteiger partial charge on any atom is -0.392 e. The summed E-state index contributed by atoms with van der Waals surface area (Å²) in [5, 5.41) is 9.49. The third kappa shape index (κ3) is 6.27. The first-order valence-corrected chi connectivity index (χ1v) is 14.9. The van der Waals surface area contributed by atoms with Crippen molar-refractivity contribution < 1.29 is 24.2 Å². The number of nitrogens with zero attached hydrogens (tertiary/aromatic N) is 2. The molecule has 6 rings (SSSR count). The van der Waals surface area contributed by atoms with Crippen LogP contribution in [0.4, 0.5) is 0 Å². The molecule has 3 unspecified atom stereocenters. The Kier molecular flexibility index (Phi) is 8.82. The molecule has 4 aromatic rings. The molecule has 7 nitrogen and oxygen atoms in total. The quantitative estimate of drug-likeness (QED) is 0.173. The molecular formula is C37H36N2O5. The standard InChI is InChI=1S/C37H36N2O5/c1-3-18-38(2)23-31-21-34(27-16-14-25(24-40)15-17-27)44-37(43-31)30-11-7-10-29(20-30)28-9-6-8-26(19-28)22-39-35(41)32-12-4-5-13-33(32)36(39)42/h3-17,19-20,31,34,37,40H,1,18,21-24H2,2H3. The molecule has 1 fully saturated rings. The maximum atomic E-state index is 12.9. The first-order chi connectivity index (χ1) is 21.4. The molecule has 0 spiro atoms. The summed E-state index contributed by atoms with van der Waals surface area (Å²) in [6.07, 6.45) is 1.78. The normalized spacial score (nSPS) is 19.8. The number of aliphatic hydroxyl groups excluding tert-OH is 1. The number of rotatable bonds is 10. The van der Waals surface area contributed by atoms with Crippen LogP contribution in [0.25, 0.3) is 11.1 Å². The van der Waals surface area contributed by atoms with Crippen LogP contribution < -0.4 is 0 Å². The molecule has 0 saturated carbocycles. The van der Waals surface area contributed by atoms with Gasteiger partial charge in [0.15, 0.2) is 6.29 Å². The van der Waals surface area contributed by atoms with E-state index in [1.54, 1.807) is 24.3 Å². The Balaban J connectivity index is 1.23. The summed E-state index contributed by atoms with van der Waals surface area (Å²) in [6, 6.07) is 30.9. The molecule has 3 atom stereocenters. The predicted octanol–water partition coefficient (Wildman–Crippen LogP) is 6.31. The van der Waals surface area contributed by atoms with E-state index >= 15 is 0 Å². The number of benzene rings is 4. The van der Waals surface area contributed by atoms with Gasteiger partial charge in [-0.15, -0.1) is 6.58 Å². The molecule has 1 N–H and O–H groups in total. The van der Waals surface area contributed by atoms with Crippen molar-refractivity contribution in [2.24, 2.45) is 0 Å². The molecule has 2 heterocycles. The van der Waals surface area contributed by atoms with Gasteiger partial charge in [0.05, 0.1) is 36.5 Å². The molecule has 0 bridgehead atoms. The van der Waals surface area contributed by atoms with Gasteiger partial charge in [-0.2, -0.15) is 0 Å². The van der Waals surface area contributed by atoms with Gasteiger partial charge >= 0.3 is 0 Å². The number of carbonyl (C=O) groups excluding carboxylic acids is 2. The average molecular weight is 589 g/mol. The van der Waals surface area contributed by atoms with Gasteiger partial charge < -0.3 is 19.5 Å². The number of fused-ring (bicyclic) bond motifs is 1. The average Bonchev–Trinajstić information content (AvgIpc) is 3.29. The summed E-state index contributed by atoms with van der Waals surface area (Å²) in [6.45, 7) is 5.55. The zero-order valence-corrected chi connectivity index (χ0v) is 24.8. The molecule has 1 saturated heterocycles. The van der Waals surface area contributed by atoms with Gasteiger partial charge in [0.1, 0.15) is 0 Å². The molecule has 2 aliphatic rings. The smallest absolute Gasteiger partial charge is 0.261 e. The third-order valence-corrected chi connectivity index (χ3v) is 8.21. The van der Waals surface area contributed by atoms with Crippen LogP contribution in [0.1, 0.15) is 61.8 Å². The highest BCUT2D eigenvalue weighted by Gasteiger charge is 2.35. The van der Waals surface area contributed by atoms with Crippen LogP contribution in [-0.4, -0.2) is 53.0 Å². The molecule has 2 aliphatic heterocycles. The summed E-state index contributed by atoms with van der Waals surface area (Å²) in [5.74, 6) is -0.531. The Morgan fingerprint density at radius 3 is 2.20 bits per heavy atom. The Hall–Kier alpha value is -4.40. The summed E-state index contributed by atoms with van der Waals surface area (Å²) in [5.41, 5.74) is 6.52. The van der Waals surface area contributed by atoms with E-state index in [-0.39, 0.29) is 37.2 Å². The van der Waals surface area contributed by atoms with Crippen molar-refractivity contribution >= 4 is 11.8 Å². The molecule has 44 heavy (non-hydrogen) atoms. The second-order valence-corrected chi connectivity index (χ2v) is 11.4. The zero-order chi connectivity index (χ0) is 30.6. The largest absolute Gasteiger partial charge is 0.392 e. The van der Waals surface area contributed by atoms with Gasteiger partial charge in [0, 0.05) is 25.1 Å². The van der Waals surface area contributed by atoms with Gasteiger partial charge in [-0.3, -0.25) is 14.5 Å². The lowest BCUT2D eigenvalue weighted by Gasteiger charge is -2.37. The highest BCUT2D eigenvalue weighted by molar-refractivity contribution is 6.21. The SMILES string of the molecule is C=CCN(C)CC1CC(c2ccc(CO)cc2)OC(c2cccc(-c3cccc(CN4C(=O)c5ccccc5C4=O)c3)c2)O1. The number of aliphatic hydroxyl groups is 1. The lowest BCUT2D eigenvalue weighted by Crippen LogP contribution is -2.37. The van der Waals surface area contributed by atoms with Crippen molar-refractivity contribution in [1.82, 2.24) is 9.80 Å². The van der Waals surface area contributed by atoms with Gasteiger partial charge in [-0.1, -0.05) is 78.9 Å². The van der Waals surface area contributed by atoms with Crippen LogP contribution in [0.5, 0.6) is 0 Å². The van der Waals surface area contributed by atoms with E-state index in [0.717, 1.165) is 46.5 Å². The van der Waals surface area contributed by atoms with Gasteiger partial charge in [-0.05, 0) is 59.1 Å². The summed E-state index contributed by atoms with van der Waals surface area (Å²) < 4.78 is 13.1. The van der Waals surface area contributed by atoms with Crippen LogP contribution >= 0.6 is 0 Å². The van der Waals surface area contributed by atoms with Crippen molar-refractivity contribution in [2.75, 3.05) is 20.1 Å². The molecule has 4 aromatic carbocycles. The number of amides is 2. The fourth-order valence-corrected chi connectivity index (χ4v) is 5.95. The Bertz CT molecular complexity index is 1630. The van der Waals surface area contributed by atoms with E-state index in [1.807, 2.05) is 72.8 Å². The van der Waals surface area contributed by atoms with E-state index in [4.69, 9.17) is 9.47 Å². The number of imide groups is 1.